The van der Waals surface area contributed by atoms with Crippen LogP contribution in [0.2, 0.25) is 0 Å². The average molecular weight is 472 g/mol. The maximum absolute atomic E-state index is 12.3. The van der Waals surface area contributed by atoms with E-state index in [4.69, 9.17) is 9.47 Å². The molecule has 0 heterocycles. The molecule has 7 heteroatoms. The number of carbonyl (C=O) groups excluding carboxylic acids is 1. The molecule has 0 saturated carbocycles. The van der Waals surface area contributed by atoms with E-state index in [2.05, 4.69) is 31.9 Å². The minimum atomic E-state index is -1.18. The van der Waals surface area contributed by atoms with E-state index in [0.717, 1.165) is 0 Å². The Bertz CT molecular complexity index is 802. The molecule has 132 valence electrons. The summed E-state index contributed by atoms with van der Waals surface area (Å²) in [6.45, 7) is 4.64. The first-order valence-electron chi connectivity index (χ1n) is 7.45. The lowest BCUT2D eigenvalue weighted by Gasteiger charge is -2.12. The molecule has 0 aliphatic rings. The van der Waals surface area contributed by atoms with Gasteiger partial charge in [-0.2, -0.15) is 0 Å². The summed E-state index contributed by atoms with van der Waals surface area (Å²) in [4.78, 5) is 23.6. The second kappa shape index (κ2) is 8.49. The number of hydrogen-bond acceptors (Lipinski definition) is 4. The minimum absolute atomic E-state index is 0.0167. The van der Waals surface area contributed by atoms with E-state index in [9.17, 15) is 14.7 Å². The number of hydrogen-bond donors (Lipinski definition) is 1. The van der Waals surface area contributed by atoms with Gasteiger partial charge in [-0.15, -0.1) is 0 Å². The highest BCUT2D eigenvalue weighted by atomic mass is 79.9. The van der Waals surface area contributed by atoms with Crippen molar-refractivity contribution in [2.75, 3.05) is 6.61 Å². The summed E-state index contributed by atoms with van der Waals surface area (Å²) in [5.74, 6) is -0.843. The molecule has 2 aromatic carbocycles. The fourth-order valence-electron chi connectivity index (χ4n) is 1.92. The van der Waals surface area contributed by atoms with Crippen LogP contribution in [0.25, 0.3) is 0 Å². The normalized spacial score (nSPS) is 10.6. The van der Waals surface area contributed by atoms with Gasteiger partial charge in [-0.25, -0.2) is 9.59 Å². The molecule has 2 rings (SSSR count). The van der Waals surface area contributed by atoms with Crippen molar-refractivity contribution in [3.8, 4) is 11.5 Å². The first-order valence-corrected chi connectivity index (χ1v) is 9.04. The van der Waals surface area contributed by atoms with Crippen molar-refractivity contribution in [1.82, 2.24) is 0 Å². The highest BCUT2D eigenvalue weighted by Crippen LogP contribution is 2.28. The van der Waals surface area contributed by atoms with Gasteiger partial charge in [-0.05, 0) is 58.2 Å². The summed E-state index contributed by atoms with van der Waals surface area (Å²) >= 11 is 6.56. The average Bonchev–Trinajstić information content (AvgIpc) is 2.54. The Morgan fingerprint density at radius 1 is 1.08 bits per heavy atom. The molecule has 0 unspecified atom stereocenters. The Labute approximate surface area is 162 Å². The predicted molar refractivity (Wildman–Crippen MR) is 101 cm³/mol. The first-order chi connectivity index (χ1) is 11.8. The molecule has 5 nitrogen and oxygen atoms in total. The molecule has 0 saturated heterocycles. The molecule has 0 aromatic heterocycles. The van der Waals surface area contributed by atoms with E-state index in [-0.39, 0.29) is 16.9 Å². The Balaban J connectivity index is 2.19. The number of carbonyl (C=O) groups is 2. The van der Waals surface area contributed by atoms with Crippen LogP contribution in [0.3, 0.4) is 0 Å². The van der Waals surface area contributed by atoms with Crippen LogP contribution >= 0.6 is 31.9 Å². The van der Waals surface area contributed by atoms with Crippen LogP contribution < -0.4 is 9.47 Å². The van der Waals surface area contributed by atoms with E-state index in [1.54, 1.807) is 24.3 Å². The van der Waals surface area contributed by atoms with Crippen molar-refractivity contribution in [2.45, 2.75) is 13.8 Å². The SMILES string of the molecule is CC(C)COc1ccc(C(=O)Oc2ccc(Br)cc2C(=O)O)cc1Br. The fourth-order valence-corrected chi connectivity index (χ4v) is 2.77. The van der Waals surface area contributed by atoms with Crippen LogP contribution in [0, 0.1) is 5.92 Å². The van der Waals surface area contributed by atoms with Gasteiger partial charge in [0.1, 0.15) is 17.1 Å². The fraction of sp³-hybridized carbons (Fsp3) is 0.222. The Hall–Kier alpha value is -1.86. The minimum Gasteiger partial charge on any atom is -0.492 e. The smallest absolute Gasteiger partial charge is 0.343 e. The van der Waals surface area contributed by atoms with Crippen LogP contribution in [-0.2, 0) is 0 Å². The third-order valence-corrected chi connectivity index (χ3v) is 4.23. The van der Waals surface area contributed by atoms with Crippen molar-refractivity contribution in [1.29, 1.82) is 0 Å². The summed E-state index contributed by atoms with van der Waals surface area (Å²) < 4.78 is 12.1. The molecule has 2 aromatic rings. The molecule has 0 aliphatic carbocycles. The van der Waals surface area contributed by atoms with Crippen LogP contribution in [0.4, 0.5) is 0 Å². The van der Waals surface area contributed by atoms with E-state index in [1.807, 2.05) is 13.8 Å². The lowest BCUT2D eigenvalue weighted by Crippen LogP contribution is -2.12. The van der Waals surface area contributed by atoms with Crippen molar-refractivity contribution in [3.05, 3.63) is 56.5 Å². The third kappa shape index (κ3) is 5.31. The van der Waals surface area contributed by atoms with Gasteiger partial charge >= 0.3 is 11.9 Å². The topological polar surface area (TPSA) is 72.8 Å². The molecule has 0 spiro atoms. The number of benzene rings is 2. The Morgan fingerprint density at radius 2 is 1.76 bits per heavy atom. The van der Waals surface area contributed by atoms with Crippen molar-refractivity contribution < 1.29 is 24.2 Å². The van der Waals surface area contributed by atoms with Crippen molar-refractivity contribution in [2.24, 2.45) is 5.92 Å². The molecule has 25 heavy (non-hydrogen) atoms. The third-order valence-electron chi connectivity index (χ3n) is 3.11. The summed E-state index contributed by atoms with van der Waals surface area (Å²) in [5, 5.41) is 9.22. The van der Waals surface area contributed by atoms with Gasteiger partial charge < -0.3 is 14.6 Å². The number of ether oxygens (including phenoxy) is 2. The standard InChI is InChI=1S/C18H16Br2O5/c1-10(2)9-24-16-5-3-11(7-14(16)20)18(23)25-15-6-4-12(19)8-13(15)17(21)22/h3-8,10H,9H2,1-2H3,(H,21,22). The number of carboxylic acid groups (broad SMARTS) is 1. The highest BCUT2D eigenvalue weighted by molar-refractivity contribution is 9.10. The van der Waals surface area contributed by atoms with E-state index < -0.39 is 11.9 Å². The van der Waals surface area contributed by atoms with Crippen LogP contribution in [0.5, 0.6) is 11.5 Å². The number of rotatable bonds is 6. The largest absolute Gasteiger partial charge is 0.492 e. The summed E-state index contributed by atoms with van der Waals surface area (Å²) in [6.07, 6.45) is 0. The molecule has 0 amide bonds. The van der Waals surface area contributed by atoms with E-state index in [1.165, 1.54) is 12.1 Å². The zero-order valence-corrected chi connectivity index (χ0v) is 16.8. The number of aromatic carboxylic acids is 1. The summed E-state index contributed by atoms with van der Waals surface area (Å²) in [7, 11) is 0. The maximum Gasteiger partial charge on any atom is 0.343 e. The predicted octanol–water partition coefficient (Wildman–Crippen LogP) is 5.16. The summed E-state index contributed by atoms with van der Waals surface area (Å²) in [5.41, 5.74) is 0.182. The van der Waals surface area contributed by atoms with Crippen molar-refractivity contribution >= 4 is 43.8 Å². The molecule has 0 aliphatic heterocycles. The van der Waals surface area contributed by atoms with Gasteiger partial charge in [-0.3, -0.25) is 0 Å². The maximum atomic E-state index is 12.3. The van der Waals surface area contributed by atoms with Crippen LogP contribution in [-0.4, -0.2) is 23.7 Å². The highest BCUT2D eigenvalue weighted by Gasteiger charge is 2.17. The van der Waals surface area contributed by atoms with Gasteiger partial charge in [0.05, 0.1) is 16.6 Å². The lowest BCUT2D eigenvalue weighted by atomic mass is 10.2. The van der Waals surface area contributed by atoms with Gasteiger partial charge in [0, 0.05) is 4.47 Å². The first kappa shape index (κ1) is 19.5. The molecule has 1 N–H and O–H groups in total. The lowest BCUT2D eigenvalue weighted by molar-refractivity contribution is 0.0681. The van der Waals surface area contributed by atoms with Crippen LogP contribution in [0.15, 0.2) is 45.3 Å². The van der Waals surface area contributed by atoms with Gasteiger partial charge in [0.25, 0.3) is 0 Å². The van der Waals surface area contributed by atoms with Gasteiger partial charge in [0.2, 0.25) is 0 Å². The molecule has 0 bridgehead atoms. The zero-order valence-electron chi connectivity index (χ0n) is 13.6. The van der Waals surface area contributed by atoms with E-state index in [0.29, 0.717) is 27.2 Å². The van der Waals surface area contributed by atoms with Gasteiger partial charge in [-0.1, -0.05) is 29.8 Å². The molecule has 0 atom stereocenters. The second-order valence-electron chi connectivity index (χ2n) is 5.69. The Morgan fingerprint density at radius 3 is 2.36 bits per heavy atom. The Kier molecular flexibility index (Phi) is 6.61. The van der Waals surface area contributed by atoms with Crippen molar-refractivity contribution in [3.63, 3.8) is 0 Å². The van der Waals surface area contributed by atoms with Crippen LogP contribution in [0.1, 0.15) is 34.6 Å². The molecular weight excluding hydrogens is 456 g/mol. The second-order valence-corrected chi connectivity index (χ2v) is 7.46. The number of halogens is 2. The number of esters is 1. The van der Waals surface area contributed by atoms with E-state index >= 15 is 0 Å². The number of carboxylic acids is 1. The molecule has 0 radical (unpaired) electrons. The molecular formula is C18H16Br2O5. The monoisotopic (exact) mass is 470 g/mol. The molecule has 0 fully saturated rings. The van der Waals surface area contributed by atoms with Gasteiger partial charge in [0.15, 0.2) is 0 Å². The quantitative estimate of drug-likeness (QED) is 0.465. The zero-order chi connectivity index (χ0) is 18.6. The summed E-state index contributed by atoms with van der Waals surface area (Å²) in [6, 6.07) is 9.24.